The summed E-state index contributed by atoms with van der Waals surface area (Å²) in [5.41, 5.74) is -2.62. The van der Waals surface area contributed by atoms with Crippen LogP contribution in [0.2, 0.25) is 0 Å². The first kappa shape index (κ1) is 82.7. The van der Waals surface area contributed by atoms with Gasteiger partial charge in [-0.1, -0.05) is 36.4 Å². The summed E-state index contributed by atoms with van der Waals surface area (Å²) in [5.74, 6) is -23.3. The van der Waals surface area contributed by atoms with E-state index < -0.39 is 258 Å². The maximum Gasteiger partial charge on any atom is 0.157 e. The highest BCUT2D eigenvalue weighted by Gasteiger charge is 2.54. The van der Waals surface area contributed by atoms with Gasteiger partial charge in [0.25, 0.3) is 0 Å². The van der Waals surface area contributed by atoms with Crippen LogP contribution in [0.25, 0.3) is 0 Å². The molecule has 16 atom stereocenters. The van der Waals surface area contributed by atoms with Crippen LogP contribution in [-0.2, 0) is 12.8 Å². The van der Waals surface area contributed by atoms with Gasteiger partial charge in [-0.05, 0) is 106 Å². The molecule has 652 valence electrons. The molecule has 0 saturated heterocycles. The molecule has 6 aliphatic rings. The summed E-state index contributed by atoms with van der Waals surface area (Å²) in [5, 5.41) is 334. The van der Waals surface area contributed by atoms with Gasteiger partial charge in [-0.25, -0.2) is 0 Å². The fourth-order valence-electron chi connectivity index (χ4n) is 17.9. The lowest BCUT2D eigenvalue weighted by Gasteiger charge is -2.43. The molecule has 16 unspecified atom stereocenters. The van der Waals surface area contributed by atoms with E-state index >= 15 is 0 Å². The molecule has 6 aliphatic heterocycles. The van der Waals surface area contributed by atoms with Gasteiger partial charge in [-0.3, -0.25) is 0 Å². The largest absolute Gasteiger partial charge is 0.508 e. The van der Waals surface area contributed by atoms with Crippen molar-refractivity contribution < 1.29 is 182 Å². The van der Waals surface area contributed by atoms with Gasteiger partial charge in [0.1, 0.15) is 140 Å². The highest BCUT2D eigenvalue weighted by atomic mass is 16.5. The van der Waals surface area contributed by atoms with Crippen molar-refractivity contribution in [3.63, 3.8) is 0 Å². The van der Waals surface area contributed by atoms with Gasteiger partial charge < -0.3 is 182 Å². The molecule has 0 amide bonds. The molecule has 36 nitrogen and oxygen atoms in total. The highest BCUT2D eigenvalue weighted by molar-refractivity contribution is 5.75. The molecule has 0 fully saturated rings. The van der Waals surface area contributed by atoms with Crippen molar-refractivity contribution in [3.05, 3.63) is 247 Å². The quantitative estimate of drug-likeness (QED) is 0.0568. The van der Waals surface area contributed by atoms with Crippen LogP contribution in [0.1, 0.15) is 149 Å². The molecule has 12 aromatic rings. The third kappa shape index (κ3) is 13.7. The van der Waals surface area contributed by atoms with Gasteiger partial charge in [-0.2, -0.15) is 0 Å². The van der Waals surface area contributed by atoms with Crippen LogP contribution in [0.4, 0.5) is 0 Å². The molecule has 126 heavy (non-hydrogen) atoms. The first-order chi connectivity index (χ1) is 59.8. The monoisotopic (exact) mass is 1730 g/mol. The van der Waals surface area contributed by atoms with Crippen LogP contribution in [0.5, 0.6) is 172 Å². The van der Waals surface area contributed by atoms with E-state index in [1.807, 2.05) is 0 Å². The summed E-state index contributed by atoms with van der Waals surface area (Å²) < 4.78 is 37.5. The number of ether oxygens (including phenoxy) is 6. The number of rotatable bonds is 10. The van der Waals surface area contributed by atoms with Gasteiger partial charge in [0.05, 0.1) is 35.9 Å². The van der Waals surface area contributed by atoms with Gasteiger partial charge in [-0.15, -0.1) is 0 Å². The Kier molecular flexibility index (Phi) is 20.2. The predicted molar refractivity (Wildman–Crippen MR) is 428 cm³/mol. The number of aliphatic hydroxyl groups excluding tert-OH is 6. The molecule has 0 saturated carbocycles. The van der Waals surface area contributed by atoms with E-state index in [0.29, 0.717) is 0 Å². The number of hydrogen-bond acceptors (Lipinski definition) is 36. The van der Waals surface area contributed by atoms with Gasteiger partial charge in [0, 0.05) is 117 Å². The molecule has 0 spiro atoms. The molecule has 0 radical (unpaired) electrons. The van der Waals surface area contributed by atoms with Crippen LogP contribution in [0.3, 0.4) is 0 Å². The Hall–Kier alpha value is -15.6. The second-order valence-electron chi connectivity index (χ2n) is 31.3. The van der Waals surface area contributed by atoms with Gasteiger partial charge >= 0.3 is 0 Å². The van der Waals surface area contributed by atoms with Crippen molar-refractivity contribution in [2.45, 2.75) is 110 Å². The van der Waals surface area contributed by atoms with Crippen molar-refractivity contribution in [2.24, 2.45) is 0 Å². The summed E-state index contributed by atoms with van der Waals surface area (Å²) in [6, 6.07) is 29.0. The summed E-state index contributed by atoms with van der Waals surface area (Å²) in [7, 11) is 0. The summed E-state index contributed by atoms with van der Waals surface area (Å²) in [6.45, 7) is 0. The third-order valence-corrected chi connectivity index (χ3v) is 23.7. The second-order valence-corrected chi connectivity index (χ2v) is 31.3. The normalized spacial score (nSPS) is 23.6. The number of aliphatic hydroxyl groups is 6. The number of phenols is 24. The van der Waals surface area contributed by atoms with Crippen molar-refractivity contribution in [1.29, 1.82) is 0 Å². The Balaban J connectivity index is 0.000000178. The second kappa shape index (κ2) is 30.8. The van der Waals surface area contributed by atoms with Gasteiger partial charge in [0.2, 0.25) is 0 Å². The Labute approximate surface area is 707 Å². The summed E-state index contributed by atoms with van der Waals surface area (Å²) >= 11 is 0. The molecular weight excluding hydrogens is 1660 g/mol. The van der Waals surface area contributed by atoms with Crippen LogP contribution in [-0.4, -0.2) is 190 Å². The highest BCUT2D eigenvalue weighted by Crippen LogP contribution is 2.66. The predicted octanol–water partition coefficient (Wildman–Crippen LogP) is 8.89. The van der Waals surface area contributed by atoms with E-state index in [1.54, 1.807) is 0 Å². The molecule has 0 bridgehead atoms. The summed E-state index contributed by atoms with van der Waals surface area (Å²) in [6.07, 6.45) is -20.2. The minimum absolute atomic E-state index is 0.0127. The standard InChI is InChI=1S/2C45H38O18/c46-18-10-27(54)32-30(12-18)61-43(16-2-5-22(49)25(52)8-16)40(59)34(32)36-38(57)20-14-29(56)42(15-1-4-21(48)24(51)7-15)63-45(20)37(39(36)58)35-33-28(55)11-19(47)13-31(33)62-44(41(35)60)17-3-6-23(50)26(53)9-17;46-18-10-27(54)33-32(11-18)61-42(16-2-5-21(48)25(52)8-16)39(59)37(33)35-29(56)14-30(57)36-38(40(60)43(63-45(35)36)17-3-6-22(49)26(53)9-17)34-28(55)13-23(50)19-12-31(58)41(62-44(19)34)15-1-4-20(47)24(51)7-15/h1-13,29,34-35,40-44,46-60H,14H2;1-11,13-14,31,37-43,46-60H,12H2. The average molecular weight is 1730 g/mol. The Morgan fingerprint density at radius 3 is 0.762 bits per heavy atom. The molecule has 0 aliphatic carbocycles. The van der Waals surface area contributed by atoms with E-state index in [0.717, 1.165) is 121 Å². The lowest BCUT2D eigenvalue weighted by atomic mass is 9.73. The topological polar surface area (TPSA) is 662 Å². The Morgan fingerprint density at radius 2 is 0.437 bits per heavy atom. The molecule has 18 rings (SSSR count). The molecule has 12 aromatic carbocycles. The van der Waals surface area contributed by atoms with E-state index in [4.69, 9.17) is 28.4 Å². The number of aromatic hydroxyl groups is 24. The van der Waals surface area contributed by atoms with E-state index in [1.165, 1.54) is 36.4 Å². The smallest absolute Gasteiger partial charge is 0.157 e. The zero-order valence-electron chi connectivity index (χ0n) is 64.5. The third-order valence-electron chi connectivity index (χ3n) is 23.7. The zero-order chi connectivity index (χ0) is 89.8. The van der Waals surface area contributed by atoms with Crippen molar-refractivity contribution in [3.8, 4) is 172 Å². The van der Waals surface area contributed by atoms with E-state index in [9.17, 15) is 153 Å². The van der Waals surface area contributed by atoms with Crippen molar-refractivity contribution in [1.82, 2.24) is 0 Å². The van der Waals surface area contributed by atoms with Crippen LogP contribution < -0.4 is 28.4 Å². The zero-order valence-corrected chi connectivity index (χ0v) is 64.5. The minimum Gasteiger partial charge on any atom is -0.508 e. The molecule has 30 N–H and O–H groups in total. The number of fused-ring (bicyclic) bond motifs is 6. The van der Waals surface area contributed by atoms with Crippen molar-refractivity contribution in [2.75, 3.05) is 0 Å². The van der Waals surface area contributed by atoms with Crippen molar-refractivity contribution >= 4 is 0 Å². The maximum atomic E-state index is 12.9. The average Bonchev–Trinajstić information content (AvgIpc) is 0.710. The van der Waals surface area contributed by atoms with Crippen LogP contribution in [0.15, 0.2) is 158 Å². The van der Waals surface area contributed by atoms with E-state index in [-0.39, 0.29) is 113 Å². The lowest BCUT2D eigenvalue weighted by Crippen LogP contribution is -2.39. The van der Waals surface area contributed by atoms with Gasteiger partial charge in [0.15, 0.2) is 93.4 Å². The maximum absolute atomic E-state index is 12.9. The fourth-order valence-corrected chi connectivity index (χ4v) is 17.9. The first-order valence-corrected chi connectivity index (χ1v) is 38.5. The Morgan fingerprint density at radius 1 is 0.190 bits per heavy atom. The van der Waals surface area contributed by atoms with E-state index in [2.05, 4.69) is 0 Å². The fraction of sp³-hybridized carbons (Fsp3) is 0.200. The SMILES string of the molecule is Oc1cc(O)c2c(c1)OC(c1ccc(O)c(O)c1)C(O)C2c1c(O)c2c(c(C3c4c(O)cc(O)cc4OC(c4ccc(O)c(O)c4)C3O)c1O)OC(c1ccc(O)c(O)c1)C(O)C2.Oc1cc(O)c2c(c1)OC(c1ccc(O)c(O)c1)C(O)C2c1c(O)cc(O)c2c1OC(c1ccc(O)c(O)c1)C(O)C2c1c(O)cc(O)c2c1OC(c1ccc(O)c(O)c1)C(O)C2. The molecule has 36 heteroatoms. The minimum atomic E-state index is -1.91. The number of benzene rings is 12. The first-order valence-electron chi connectivity index (χ1n) is 38.5. The molecular formula is C90H76O36. The summed E-state index contributed by atoms with van der Waals surface area (Å²) in [4.78, 5) is 0. The van der Waals surface area contributed by atoms with Crippen LogP contribution >= 0.6 is 0 Å². The molecule has 0 aromatic heterocycles. The number of phenolic OH excluding ortho intramolecular Hbond substituents is 24. The Bertz CT molecular complexity index is 6450. The number of hydrogen-bond donors (Lipinski definition) is 30. The molecule has 6 heterocycles. The lowest BCUT2D eigenvalue weighted by molar-refractivity contribution is -0.00562. The van der Waals surface area contributed by atoms with Crippen LogP contribution in [0, 0.1) is 0 Å².